The fourth-order valence-corrected chi connectivity index (χ4v) is 5.81. The number of anilines is 1. The average Bonchev–Trinajstić information content (AvgIpc) is 3.29. The Kier molecular flexibility index (Phi) is 7.90. The van der Waals surface area contributed by atoms with Gasteiger partial charge in [0.25, 0.3) is 0 Å². The van der Waals surface area contributed by atoms with Gasteiger partial charge in [-0.3, -0.25) is 4.90 Å². The van der Waals surface area contributed by atoms with Crippen LogP contribution in [0.1, 0.15) is 43.3 Å². The van der Waals surface area contributed by atoms with Crippen molar-refractivity contribution in [3.8, 4) is 0 Å². The molecule has 3 aromatic rings. The highest BCUT2D eigenvalue weighted by atomic mass is 32.2. The maximum atomic E-state index is 12.7. The summed E-state index contributed by atoms with van der Waals surface area (Å²) in [7, 11) is -3.51. The van der Waals surface area contributed by atoms with Crippen LogP contribution in [0.3, 0.4) is 0 Å². The molecule has 7 nitrogen and oxygen atoms in total. The number of sulfonamides is 1. The van der Waals surface area contributed by atoms with Crippen LogP contribution < -0.4 is 9.62 Å². The molecule has 1 aromatic heterocycles. The van der Waals surface area contributed by atoms with Crippen molar-refractivity contribution in [2.45, 2.75) is 44.4 Å². The minimum Gasteiger partial charge on any atom is -0.344 e. The second-order valence-corrected chi connectivity index (χ2v) is 12.7. The molecule has 0 spiro atoms. The quantitative estimate of drug-likeness (QED) is 0.493. The average molecular weight is 514 g/mol. The predicted molar refractivity (Wildman–Crippen MR) is 143 cm³/mol. The summed E-state index contributed by atoms with van der Waals surface area (Å²) in [6, 6.07) is 15.7. The Labute approximate surface area is 213 Å². The van der Waals surface area contributed by atoms with Gasteiger partial charge in [-0.15, -0.1) is 0 Å². The number of hydrogen-bond acceptors (Lipinski definition) is 7. The summed E-state index contributed by atoms with van der Waals surface area (Å²) < 4.78 is 32.6. The molecule has 0 radical (unpaired) electrons. The van der Waals surface area contributed by atoms with E-state index in [2.05, 4.69) is 70.9 Å². The number of nitrogens with zero attached hydrogens (tertiary/aromatic N) is 4. The summed E-state index contributed by atoms with van der Waals surface area (Å²) in [4.78, 5) is 9.62. The lowest BCUT2D eigenvalue weighted by atomic mass is 9.87. The molecule has 35 heavy (non-hydrogen) atoms. The molecule has 1 aliphatic rings. The molecule has 1 saturated heterocycles. The molecular formula is C26H35N5O2S2. The van der Waals surface area contributed by atoms with Gasteiger partial charge in [0, 0.05) is 57.2 Å². The third-order valence-electron chi connectivity index (χ3n) is 6.33. The van der Waals surface area contributed by atoms with Crippen molar-refractivity contribution in [2.75, 3.05) is 44.2 Å². The zero-order valence-electron chi connectivity index (χ0n) is 21.0. The SMILES string of the molecule is Cc1ccc(Cc2nsc(N3CCN(CCNS(=O)(=O)c4ccc(C(C)(C)C)cc4)CC3)n2)cc1. The van der Waals surface area contributed by atoms with Crippen molar-refractivity contribution < 1.29 is 8.42 Å². The molecule has 0 amide bonds. The number of benzene rings is 2. The van der Waals surface area contributed by atoms with Gasteiger partial charge in [0.15, 0.2) is 0 Å². The zero-order chi connectivity index (χ0) is 25.1. The van der Waals surface area contributed by atoms with Gasteiger partial charge in [-0.1, -0.05) is 62.7 Å². The molecule has 0 bridgehead atoms. The van der Waals surface area contributed by atoms with E-state index in [1.54, 1.807) is 12.1 Å². The van der Waals surface area contributed by atoms with E-state index in [-0.39, 0.29) is 5.41 Å². The van der Waals surface area contributed by atoms with Gasteiger partial charge in [-0.2, -0.15) is 4.37 Å². The van der Waals surface area contributed by atoms with Gasteiger partial charge >= 0.3 is 0 Å². The lowest BCUT2D eigenvalue weighted by Crippen LogP contribution is -2.48. The first-order valence-corrected chi connectivity index (χ1v) is 14.3. The van der Waals surface area contributed by atoms with Crippen LogP contribution in [0.4, 0.5) is 5.13 Å². The maximum absolute atomic E-state index is 12.7. The number of piperazine rings is 1. The standard InChI is InChI=1S/C26H35N5O2S2/c1-20-5-7-21(8-6-20)19-24-28-25(34-29-24)31-17-15-30(16-18-31)14-13-27-35(32,33)23-11-9-22(10-12-23)26(2,3)4/h5-12,27H,13-19H2,1-4H3. The third kappa shape index (κ3) is 6.88. The minimum atomic E-state index is -3.51. The molecule has 1 fully saturated rings. The summed E-state index contributed by atoms with van der Waals surface area (Å²) in [5, 5.41) is 0.964. The van der Waals surface area contributed by atoms with Crippen molar-refractivity contribution in [1.29, 1.82) is 0 Å². The van der Waals surface area contributed by atoms with Gasteiger partial charge in [0.1, 0.15) is 5.82 Å². The highest BCUT2D eigenvalue weighted by Gasteiger charge is 2.21. The largest absolute Gasteiger partial charge is 0.344 e. The van der Waals surface area contributed by atoms with E-state index in [0.717, 1.165) is 49.1 Å². The van der Waals surface area contributed by atoms with E-state index in [9.17, 15) is 8.42 Å². The van der Waals surface area contributed by atoms with Crippen molar-refractivity contribution in [1.82, 2.24) is 19.0 Å². The number of rotatable bonds is 8. The fraction of sp³-hybridized carbons (Fsp3) is 0.462. The van der Waals surface area contributed by atoms with Gasteiger partial charge in [-0.05, 0) is 35.6 Å². The van der Waals surface area contributed by atoms with Crippen LogP contribution in [0.5, 0.6) is 0 Å². The van der Waals surface area contributed by atoms with Crippen LogP contribution >= 0.6 is 11.5 Å². The van der Waals surface area contributed by atoms with Crippen molar-refractivity contribution in [3.05, 3.63) is 71.0 Å². The van der Waals surface area contributed by atoms with Crippen molar-refractivity contribution in [3.63, 3.8) is 0 Å². The van der Waals surface area contributed by atoms with E-state index in [4.69, 9.17) is 4.98 Å². The number of nitrogens with one attached hydrogen (secondary N) is 1. The van der Waals surface area contributed by atoms with Gasteiger partial charge in [-0.25, -0.2) is 18.1 Å². The first kappa shape index (κ1) is 25.8. The zero-order valence-corrected chi connectivity index (χ0v) is 22.6. The Morgan fingerprint density at radius 2 is 1.63 bits per heavy atom. The van der Waals surface area contributed by atoms with Crippen LogP contribution in [0, 0.1) is 6.92 Å². The first-order valence-electron chi connectivity index (χ1n) is 12.1. The van der Waals surface area contributed by atoms with E-state index >= 15 is 0 Å². The Morgan fingerprint density at radius 3 is 2.26 bits per heavy atom. The normalized spacial score (nSPS) is 15.5. The molecule has 2 heterocycles. The lowest BCUT2D eigenvalue weighted by Gasteiger charge is -2.34. The van der Waals surface area contributed by atoms with Gasteiger partial charge in [0.2, 0.25) is 15.2 Å². The monoisotopic (exact) mass is 513 g/mol. The Hall–Kier alpha value is -2.33. The summed E-state index contributed by atoms with van der Waals surface area (Å²) >= 11 is 1.46. The Balaban J connectivity index is 1.22. The second kappa shape index (κ2) is 10.7. The molecule has 4 rings (SSSR count). The van der Waals surface area contributed by atoms with Crippen LogP contribution in [0.25, 0.3) is 0 Å². The molecule has 0 aliphatic carbocycles. The van der Waals surface area contributed by atoms with E-state index in [1.807, 2.05) is 12.1 Å². The molecular weight excluding hydrogens is 478 g/mol. The van der Waals surface area contributed by atoms with Crippen LogP contribution in [-0.2, 0) is 21.9 Å². The molecule has 1 aliphatic heterocycles. The lowest BCUT2D eigenvalue weighted by molar-refractivity contribution is 0.262. The summed E-state index contributed by atoms with van der Waals surface area (Å²) in [5.41, 5.74) is 3.58. The molecule has 9 heteroatoms. The smallest absolute Gasteiger partial charge is 0.240 e. The van der Waals surface area contributed by atoms with Crippen LogP contribution in [0.15, 0.2) is 53.4 Å². The number of hydrogen-bond donors (Lipinski definition) is 1. The van der Waals surface area contributed by atoms with Crippen LogP contribution in [0.2, 0.25) is 0 Å². The summed E-state index contributed by atoms with van der Waals surface area (Å²) in [6.07, 6.45) is 0.746. The van der Waals surface area contributed by atoms with E-state index in [0.29, 0.717) is 18.0 Å². The summed E-state index contributed by atoms with van der Waals surface area (Å²) in [5.74, 6) is 0.862. The molecule has 1 N–H and O–H groups in total. The molecule has 0 unspecified atom stereocenters. The van der Waals surface area contributed by atoms with Crippen molar-refractivity contribution in [2.24, 2.45) is 0 Å². The number of aromatic nitrogens is 2. The van der Waals surface area contributed by atoms with E-state index < -0.39 is 10.0 Å². The Morgan fingerprint density at radius 1 is 0.971 bits per heavy atom. The first-order chi connectivity index (χ1) is 16.6. The second-order valence-electron chi connectivity index (χ2n) is 10.2. The van der Waals surface area contributed by atoms with Crippen molar-refractivity contribution >= 4 is 26.7 Å². The van der Waals surface area contributed by atoms with Crippen LogP contribution in [-0.4, -0.2) is 61.9 Å². The minimum absolute atomic E-state index is 0.00474. The predicted octanol–water partition coefficient (Wildman–Crippen LogP) is 3.84. The molecule has 2 aromatic carbocycles. The third-order valence-corrected chi connectivity index (χ3v) is 8.63. The topological polar surface area (TPSA) is 78.4 Å². The maximum Gasteiger partial charge on any atom is 0.240 e. The molecule has 0 atom stereocenters. The Bertz CT molecular complexity index is 1210. The van der Waals surface area contributed by atoms with Gasteiger partial charge < -0.3 is 4.90 Å². The van der Waals surface area contributed by atoms with E-state index in [1.165, 1.54) is 22.7 Å². The summed E-state index contributed by atoms with van der Waals surface area (Å²) in [6.45, 7) is 13.0. The van der Waals surface area contributed by atoms with Gasteiger partial charge in [0.05, 0.1) is 4.90 Å². The highest BCUT2D eigenvalue weighted by molar-refractivity contribution is 7.89. The molecule has 0 saturated carbocycles. The molecule has 188 valence electrons. The fourth-order valence-electron chi connectivity index (χ4n) is 4.05. The number of aryl methyl sites for hydroxylation is 1. The highest BCUT2D eigenvalue weighted by Crippen LogP contribution is 2.23.